The first kappa shape index (κ1) is 9.74. The minimum absolute atomic E-state index is 0. The molecule has 2 heterocycles. The van der Waals surface area contributed by atoms with Crippen molar-refractivity contribution in [3.63, 3.8) is 0 Å². The van der Waals surface area contributed by atoms with Gasteiger partial charge in [-0.2, -0.15) is 12.6 Å². The molecule has 0 aromatic rings. The summed E-state index contributed by atoms with van der Waals surface area (Å²) in [5.41, 5.74) is 0. The van der Waals surface area contributed by atoms with Crippen molar-refractivity contribution in [2.75, 3.05) is 25.4 Å². The second-order valence-corrected chi connectivity index (χ2v) is 4.45. The van der Waals surface area contributed by atoms with Crippen LogP contribution in [0.5, 0.6) is 0 Å². The van der Waals surface area contributed by atoms with Crippen LogP contribution in [0.4, 0.5) is 0 Å². The van der Waals surface area contributed by atoms with Crippen molar-refractivity contribution < 1.29 is 0 Å². The van der Waals surface area contributed by atoms with Crippen LogP contribution in [0.2, 0.25) is 0 Å². The van der Waals surface area contributed by atoms with E-state index in [9.17, 15) is 0 Å². The molecule has 2 aliphatic rings. The molecule has 1 saturated heterocycles. The fourth-order valence-electron chi connectivity index (χ4n) is 1.18. The quantitative estimate of drug-likeness (QED) is 0.447. The number of rotatable bonds is 0. The molecule has 11 heavy (non-hydrogen) atoms. The maximum atomic E-state index is 4.34. The van der Waals surface area contributed by atoms with Crippen molar-refractivity contribution in [1.29, 1.82) is 0 Å². The van der Waals surface area contributed by atoms with E-state index in [1.165, 1.54) is 10.9 Å². The Balaban J connectivity index is 0.000000605. The van der Waals surface area contributed by atoms with E-state index in [-0.39, 0.29) is 12.4 Å². The summed E-state index contributed by atoms with van der Waals surface area (Å²) in [4.78, 5) is 2.36. The SMILES string of the molecule is Cl.SC1CN(C2=[S]CCN2)C1. The summed E-state index contributed by atoms with van der Waals surface area (Å²) >= 11 is 6.27. The fourth-order valence-corrected chi connectivity index (χ4v) is 2.51. The van der Waals surface area contributed by atoms with Gasteiger partial charge in [-0.3, -0.25) is 10.2 Å². The Kier molecular flexibility index (Phi) is 3.58. The van der Waals surface area contributed by atoms with Gasteiger partial charge >= 0.3 is 0 Å². The number of hydrogen-bond acceptors (Lipinski definition) is 3. The van der Waals surface area contributed by atoms with E-state index >= 15 is 0 Å². The Bertz CT molecular complexity index is 168. The van der Waals surface area contributed by atoms with Gasteiger partial charge < -0.3 is 0 Å². The van der Waals surface area contributed by atoms with Crippen LogP contribution in [0.25, 0.3) is 0 Å². The van der Waals surface area contributed by atoms with Gasteiger partial charge in [-0.1, -0.05) is 0 Å². The molecule has 2 nitrogen and oxygen atoms in total. The Morgan fingerprint density at radius 2 is 2.27 bits per heavy atom. The molecule has 1 radical (unpaired) electrons. The van der Waals surface area contributed by atoms with Crippen molar-refractivity contribution in [2.24, 2.45) is 0 Å². The van der Waals surface area contributed by atoms with Crippen LogP contribution in [-0.2, 0) is 0 Å². The molecule has 0 aromatic carbocycles. The Hall–Kier alpha value is 0.650. The zero-order valence-electron chi connectivity index (χ0n) is 6.12. The van der Waals surface area contributed by atoms with Crippen molar-refractivity contribution in [1.82, 2.24) is 10.2 Å². The monoisotopic (exact) mass is 211 g/mol. The van der Waals surface area contributed by atoms with Crippen molar-refractivity contribution >= 4 is 41.5 Å². The first-order chi connectivity index (χ1) is 4.86. The maximum Gasteiger partial charge on any atom is 0.112 e. The number of thiol groups is 1. The third kappa shape index (κ3) is 2.06. The van der Waals surface area contributed by atoms with E-state index in [2.05, 4.69) is 22.8 Å². The molecule has 0 unspecified atom stereocenters. The van der Waals surface area contributed by atoms with Crippen LogP contribution in [0.3, 0.4) is 0 Å². The number of hydrogen-bond donors (Lipinski definition) is 2. The molecular formula is C6H12ClN2S2. The van der Waals surface area contributed by atoms with Crippen molar-refractivity contribution in [2.45, 2.75) is 5.25 Å². The zero-order chi connectivity index (χ0) is 6.97. The molecule has 1 fully saturated rings. The molecule has 65 valence electrons. The Morgan fingerprint density at radius 3 is 2.73 bits per heavy atom. The standard InChI is InChI=1S/C6H11N2S2.ClH/c9-5-3-8(4-5)6-7-1-2-10-6;/h5,7,9H,1-4H2;1H. The minimum atomic E-state index is 0. The third-order valence-electron chi connectivity index (χ3n) is 1.77. The summed E-state index contributed by atoms with van der Waals surface area (Å²) in [6, 6.07) is 0. The lowest BCUT2D eigenvalue weighted by molar-refractivity contribution is 0.310. The van der Waals surface area contributed by atoms with Crippen molar-refractivity contribution in [3.05, 3.63) is 0 Å². The zero-order valence-corrected chi connectivity index (χ0v) is 8.64. The highest BCUT2D eigenvalue weighted by Gasteiger charge is 2.27. The molecule has 2 aliphatic heterocycles. The van der Waals surface area contributed by atoms with E-state index < -0.39 is 0 Å². The highest BCUT2D eigenvalue weighted by atomic mass is 35.5. The highest BCUT2D eigenvalue weighted by Crippen LogP contribution is 2.15. The molecule has 0 spiro atoms. The van der Waals surface area contributed by atoms with E-state index in [0.717, 1.165) is 19.6 Å². The second kappa shape index (κ2) is 4.05. The highest BCUT2D eigenvalue weighted by molar-refractivity contribution is 7.98. The van der Waals surface area contributed by atoms with Gasteiger partial charge in [0.1, 0.15) is 5.11 Å². The molecular weight excluding hydrogens is 200 g/mol. The summed E-state index contributed by atoms with van der Waals surface area (Å²) in [5, 5.41) is 5.32. The average Bonchev–Trinajstić information content (AvgIpc) is 2.31. The van der Waals surface area contributed by atoms with E-state index in [0.29, 0.717) is 5.25 Å². The van der Waals surface area contributed by atoms with E-state index in [4.69, 9.17) is 0 Å². The molecule has 0 amide bonds. The minimum Gasteiger partial charge on any atom is -0.270 e. The normalized spacial score (nSPS) is 25.7. The number of nitrogens with one attached hydrogen (secondary N) is 1. The molecule has 0 aromatic heterocycles. The Labute approximate surface area is 82.5 Å². The summed E-state index contributed by atoms with van der Waals surface area (Å²) in [6.45, 7) is 3.38. The van der Waals surface area contributed by atoms with E-state index in [1.54, 1.807) is 0 Å². The largest absolute Gasteiger partial charge is 0.270 e. The molecule has 0 atom stereocenters. The number of nitrogens with zero attached hydrogens (tertiary/aromatic N) is 1. The summed E-state index contributed by atoms with van der Waals surface area (Å²) < 4.78 is 0. The van der Waals surface area contributed by atoms with Crippen LogP contribution >= 0.6 is 36.4 Å². The van der Waals surface area contributed by atoms with Crippen LogP contribution in [0, 0.1) is 0 Å². The first-order valence-electron chi connectivity index (χ1n) is 3.53. The second-order valence-electron chi connectivity index (χ2n) is 2.64. The average molecular weight is 212 g/mol. The smallest absolute Gasteiger partial charge is 0.112 e. The van der Waals surface area contributed by atoms with Gasteiger partial charge in [-0.05, 0) is 0 Å². The lowest BCUT2D eigenvalue weighted by Crippen LogP contribution is -2.53. The van der Waals surface area contributed by atoms with Crippen LogP contribution in [0.15, 0.2) is 0 Å². The van der Waals surface area contributed by atoms with Gasteiger partial charge in [-0.25, -0.2) is 0 Å². The predicted molar refractivity (Wildman–Crippen MR) is 57.1 cm³/mol. The van der Waals surface area contributed by atoms with E-state index in [1.807, 2.05) is 11.4 Å². The molecule has 5 heteroatoms. The molecule has 0 saturated carbocycles. The molecule has 0 aliphatic carbocycles. The fraction of sp³-hybridized carbons (Fsp3) is 0.833. The molecule has 1 N–H and O–H groups in total. The number of halogens is 1. The Morgan fingerprint density at radius 1 is 1.55 bits per heavy atom. The predicted octanol–water partition coefficient (Wildman–Crippen LogP) is 0.446. The number of likely N-dealkylation sites (tertiary alicyclic amines) is 1. The maximum absolute atomic E-state index is 4.34. The summed E-state index contributed by atoms with van der Waals surface area (Å²) in [7, 11) is 0. The van der Waals surface area contributed by atoms with Gasteiger partial charge in [0, 0.05) is 30.6 Å². The van der Waals surface area contributed by atoms with Crippen LogP contribution in [0.1, 0.15) is 0 Å². The van der Waals surface area contributed by atoms with Gasteiger partial charge in [0.15, 0.2) is 0 Å². The lowest BCUT2D eigenvalue weighted by Gasteiger charge is -2.36. The van der Waals surface area contributed by atoms with Gasteiger partial charge in [-0.15, -0.1) is 23.8 Å². The van der Waals surface area contributed by atoms with Crippen LogP contribution in [-0.4, -0.2) is 40.6 Å². The molecule has 0 bridgehead atoms. The van der Waals surface area contributed by atoms with Gasteiger partial charge in [0.25, 0.3) is 0 Å². The summed E-state index contributed by atoms with van der Waals surface area (Å²) in [6.07, 6.45) is 0. The topological polar surface area (TPSA) is 15.3 Å². The molecule has 2 rings (SSSR count). The van der Waals surface area contributed by atoms with Crippen molar-refractivity contribution in [3.8, 4) is 0 Å². The van der Waals surface area contributed by atoms with Gasteiger partial charge in [0.05, 0.1) is 0 Å². The summed E-state index contributed by atoms with van der Waals surface area (Å²) in [5.74, 6) is 1.23. The van der Waals surface area contributed by atoms with Crippen LogP contribution < -0.4 is 5.32 Å². The first-order valence-corrected chi connectivity index (χ1v) is 5.03. The lowest BCUT2D eigenvalue weighted by atomic mass is 10.2. The third-order valence-corrected chi connectivity index (χ3v) is 3.18. The van der Waals surface area contributed by atoms with Gasteiger partial charge in [0.2, 0.25) is 0 Å².